The molecule has 0 aliphatic heterocycles. The number of amides is 2. The Morgan fingerprint density at radius 3 is 2.88 bits per heavy atom. The van der Waals surface area contributed by atoms with E-state index < -0.39 is 0 Å². The molecule has 1 saturated carbocycles. The second-order valence-corrected chi connectivity index (χ2v) is 6.20. The van der Waals surface area contributed by atoms with Gasteiger partial charge < -0.3 is 10.6 Å². The molecule has 25 heavy (non-hydrogen) atoms. The fourth-order valence-corrected chi connectivity index (χ4v) is 2.44. The smallest absolute Gasteiger partial charge is 0.243 e. The molecule has 1 atom stereocenters. The summed E-state index contributed by atoms with van der Waals surface area (Å²) in [6, 6.07) is 5.53. The van der Waals surface area contributed by atoms with Crippen LogP contribution in [0.2, 0.25) is 0 Å². The number of hydrogen-bond acceptors (Lipinski definition) is 4. The number of nitrogens with zero attached hydrogens (tertiary/aromatic N) is 2. The molecule has 1 unspecified atom stereocenters. The Morgan fingerprint density at radius 2 is 2.24 bits per heavy atom. The van der Waals surface area contributed by atoms with Gasteiger partial charge in [-0.25, -0.2) is 0 Å². The molecular formula is C18H21N5O2. The lowest BCUT2D eigenvalue weighted by Crippen LogP contribution is -2.21. The summed E-state index contributed by atoms with van der Waals surface area (Å²) in [7, 11) is 0. The maximum Gasteiger partial charge on any atom is 0.243 e. The van der Waals surface area contributed by atoms with Crippen molar-refractivity contribution in [2.45, 2.75) is 38.1 Å². The fourth-order valence-electron chi connectivity index (χ4n) is 2.44. The second-order valence-electron chi connectivity index (χ2n) is 6.20. The Hall–Kier alpha value is -2.96. The molecule has 2 heterocycles. The molecule has 0 bridgehead atoms. The van der Waals surface area contributed by atoms with Gasteiger partial charge in [0, 0.05) is 23.9 Å². The van der Waals surface area contributed by atoms with E-state index in [9.17, 15) is 9.59 Å². The standard InChI is InChI=1S/C18H21N5O2/c1-3-17(24)20-10-14-7-6-13(9-19-14)11(2)18(25)21-16-8-15(22-23-16)12-4-5-12/h3,6-9,11-12H,1,4-5,10H2,2H3,(H,20,24)(H2,21,22,23,25). The summed E-state index contributed by atoms with van der Waals surface area (Å²) >= 11 is 0. The van der Waals surface area contributed by atoms with Crippen LogP contribution in [-0.2, 0) is 16.1 Å². The number of rotatable bonds is 7. The topological polar surface area (TPSA) is 99.8 Å². The van der Waals surface area contributed by atoms with E-state index >= 15 is 0 Å². The first-order chi connectivity index (χ1) is 12.1. The second kappa shape index (κ2) is 7.29. The van der Waals surface area contributed by atoms with E-state index in [-0.39, 0.29) is 17.7 Å². The highest BCUT2D eigenvalue weighted by Gasteiger charge is 2.26. The number of carbonyl (C=O) groups is 2. The molecule has 3 rings (SSSR count). The predicted octanol–water partition coefficient (Wildman–Crippen LogP) is 2.23. The average molecular weight is 339 g/mol. The summed E-state index contributed by atoms with van der Waals surface area (Å²) in [5.74, 6) is 0.376. The highest BCUT2D eigenvalue weighted by atomic mass is 16.2. The van der Waals surface area contributed by atoms with Crippen molar-refractivity contribution in [1.29, 1.82) is 0 Å². The molecule has 0 radical (unpaired) electrons. The highest BCUT2D eigenvalue weighted by molar-refractivity contribution is 5.94. The van der Waals surface area contributed by atoms with Gasteiger partial charge in [-0.1, -0.05) is 12.6 Å². The Balaban J connectivity index is 1.57. The van der Waals surface area contributed by atoms with Crippen molar-refractivity contribution in [2.24, 2.45) is 0 Å². The van der Waals surface area contributed by atoms with E-state index in [1.165, 1.54) is 18.9 Å². The van der Waals surface area contributed by atoms with Gasteiger partial charge in [0.15, 0.2) is 5.82 Å². The first-order valence-electron chi connectivity index (χ1n) is 8.28. The number of pyridine rings is 1. The van der Waals surface area contributed by atoms with E-state index in [0.29, 0.717) is 24.0 Å². The molecule has 1 fully saturated rings. The van der Waals surface area contributed by atoms with Gasteiger partial charge in [-0.2, -0.15) is 5.10 Å². The van der Waals surface area contributed by atoms with Gasteiger partial charge in [0.1, 0.15) is 0 Å². The number of nitrogens with one attached hydrogen (secondary N) is 3. The molecule has 2 aromatic heterocycles. The lowest BCUT2D eigenvalue weighted by atomic mass is 10.0. The lowest BCUT2D eigenvalue weighted by Gasteiger charge is -2.11. The molecule has 1 aliphatic rings. The van der Waals surface area contributed by atoms with Crippen LogP contribution in [0.1, 0.15) is 48.6 Å². The van der Waals surface area contributed by atoms with Crippen molar-refractivity contribution in [3.8, 4) is 0 Å². The molecule has 2 aromatic rings. The van der Waals surface area contributed by atoms with Crippen molar-refractivity contribution in [1.82, 2.24) is 20.5 Å². The van der Waals surface area contributed by atoms with E-state index in [1.807, 2.05) is 19.1 Å². The summed E-state index contributed by atoms with van der Waals surface area (Å²) in [5, 5.41) is 12.6. The Bertz CT molecular complexity index is 777. The summed E-state index contributed by atoms with van der Waals surface area (Å²) < 4.78 is 0. The maximum absolute atomic E-state index is 12.4. The zero-order valence-corrected chi connectivity index (χ0v) is 14.1. The minimum atomic E-state index is -0.356. The van der Waals surface area contributed by atoms with Crippen LogP contribution in [0.5, 0.6) is 0 Å². The summed E-state index contributed by atoms with van der Waals surface area (Å²) in [5.41, 5.74) is 2.60. The van der Waals surface area contributed by atoms with Gasteiger partial charge >= 0.3 is 0 Å². The SMILES string of the molecule is C=CC(=O)NCc1ccc(C(C)C(=O)Nc2cc(C3CC3)[nH]n2)cn1. The van der Waals surface area contributed by atoms with Gasteiger partial charge in [-0.3, -0.25) is 19.7 Å². The van der Waals surface area contributed by atoms with E-state index in [1.54, 1.807) is 12.3 Å². The van der Waals surface area contributed by atoms with Crippen molar-refractivity contribution in [3.05, 3.63) is 54.0 Å². The van der Waals surface area contributed by atoms with Crippen LogP contribution >= 0.6 is 0 Å². The van der Waals surface area contributed by atoms with Gasteiger partial charge in [0.25, 0.3) is 0 Å². The summed E-state index contributed by atoms with van der Waals surface area (Å²) in [4.78, 5) is 27.8. The minimum Gasteiger partial charge on any atom is -0.347 e. The molecule has 0 spiro atoms. The number of hydrogen-bond donors (Lipinski definition) is 3. The quantitative estimate of drug-likeness (QED) is 0.674. The maximum atomic E-state index is 12.4. The first-order valence-corrected chi connectivity index (χ1v) is 8.28. The zero-order valence-electron chi connectivity index (χ0n) is 14.1. The molecule has 130 valence electrons. The van der Waals surface area contributed by atoms with E-state index in [4.69, 9.17) is 0 Å². The van der Waals surface area contributed by atoms with Crippen molar-refractivity contribution >= 4 is 17.6 Å². The van der Waals surface area contributed by atoms with Gasteiger partial charge in [-0.05, 0) is 37.5 Å². The Morgan fingerprint density at radius 1 is 1.44 bits per heavy atom. The lowest BCUT2D eigenvalue weighted by molar-refractivity contribution is -0.117. The average Bonchev–Trinajstić information content (AvgIpc) is 3.39. The highest BCUT2D eigenvalue weighted by Crippen LogP contribution is 2.39. The van der Waals surface area contributed by atoms with Gasteiger partial charge in [-0.15, -0.1) is 0 Å². The monoisotopic (exact) mass is 339 g/mol. The zero-order chi connectivity index (χ0) is 17.8. The summed E-state index contributed by atoms with van der Waals surface area (Å²) in [6.45, 7) is 5.54. The third-order valence-corrected chi connectivity index (χ3v) is 4.24. The van der Waals surface area contributed by atoms with E-state index in [0.717, 1.165) is 11.3 Å². The third-order valence-electron chi connectivity index (χ3n) is 4.24. The van der Waals surface area contributed by atoms with Crippen molar-refractivity contribution in [3.63, 3.8) is 0 Å². The van der Waals surface area contributed by atoms with Crippen LogP contribution < -0.4 is 10.6 Å². The predicted molar refractivity (Wildman–Crippen MR) is 93.9 cm³/mol. The van der Waals surface area contributed by atoms with Crippen LogP contribution in [0, 0.1) is 0 Å². The number of H-pyrrole nitrogens is 1. The van der Waals surface area contributed by atoms with Crippen LogP contribution in [0.25, 0.3) is 0 Å². The molecular weight excluding hydrogens is 318 g/mol. The van der Waals surface area contributed by atoms with E-state index in [2.05, 4.69) is 32.4 Å². The molecule has 3 N–H and O–H groups in total. The van der Waals surface area contributed by atoms with Gasteiger partial charge in [0.2, 0.25) is 11.8 Å². The molecule has 2 amide bonds. The number of aromatic amines is 1. The Kier molecular flexibility index (Phi) is 4.92. The van der Waals surface area contributed by atoms with Crippen molar-refractivity contribution in [2.75, 3.05) is 5.32 Å². The summed E-state index contributed by atoms with van der Waals surface area (Å²) in [6.07, 6.45) is 5.22. The molecule has 0 saturated heterocycles. The molecule has 7 heteroatoms. The fraction of sp³-hybridized carbons (Fsp3) is 0.333. The molecule has 7 nitrogen and oxygen atoms in total. The Labute approximate surface area is 145 Å². The largest absolute Gasteiger partial charge is 0.347 e. The number of carbonyl (C=O) groups excluding carboxylic acids is 2. The van der Waals surface area contributed by atoms with Gasteiger partial charge in [0.05, 0.1) is 18.2 Å². The number of anilines is 1. The van der Waals surface area contributed by atoms with Crippen LogP contribution in [0.15, 0.2) is 37.1 Å². The van der Waals surface area contributed by atoms with Crippen LogP contribution in [0.4, 0.5) is 5.82 Å². The third kappa shape index (κ3) is 4.32. The first kappa shape index (κ1) is 16.9. The normalized spacial score (nSPS) is 14.6. The van der Waals surface area contributed by atoms with Crippen LogP contribution in [0.3, 0.4) is 0 Å². The molecule has 0 aromatic carbocycles. The van der Waals surface area contributed by atoms with Crippen molar-refractivity contribution < 1.29 is 9.59 Å². The molecule has 1 aliphatic carbocycles. The van der Waals surface area contributed by atoms with Crippen LogP contribution in [-0.4, -0.2) is 27.0 Å². The number of aromatic nitrogens is 3. The minimum absolute atomic E-state index is 0.136.